The molecule has 2 aromatic heterocycles. The van der Waals surface area contributed by atoms with Crippen LogP contribution in [0.4, 0.5) is 5.82 Å². The van der Waals surface area contributed by atoms with Crippen molar-refractivity contribution in [1.29, 1.82) is 5.26 Å². The molecule has 0 saturated carbocycles. The molecule has 20 heavy (non-hydrogen) atoms. The van der Waals surface area contributed by atoms with Crippen molar-refractivity contribution in [2.45, 2.75) is 13.5 Å². The third kappa shape index (κ3) is 2.46. The normalized spacial score (nSPS) is 10.4. The van der Waals surface area contributed by atoms with E-state index >= 15 is 0 Å². The van der Waals surface area contributed by atoms with Crippen molar-refractivity contribution in [2.24, 2.45) is 0 Å². The van der Waals surface area contributed by atoms with Crippen molar-refractivity contribution >= 4 is 27.4 Å². The molecule has 3 rings (SSSR count). The molecule has 0 fully saturated rings. The van der Waals surface area contributed by atoms with Gasteiger partial charge in [-0.2, -0.15) is 5.26 Å². The second-order valence-corrected chi connectivity index (χ2v) is 5.70. The molecular weight excluding hydrogens is 268 g/mol. The van der Waals surface area contributed by atoms with E-state index in [0.29, 0.717) is 12.1 Å². The number of anilines is 1. The van der Waals surface area contributed by atoms with Gasteiger partial charge in [0.2, 0.25) is 0 Å². The van der Waals surface area contributed by atoms with E-state index in [1.807, 2.05) is 18.2 Å². The quantitative estimate of drug-likeness (QED) is 0.797. The molecule has 0 spiro atoms. The number of hydrogen-bond donors (Lipinski definition) is 1. The predicted octanol–water partition coefficient (Wildman–Crippen LogP) is 3.48. The summed E-state index contributed by atoms with van der Waals surface area (Å²) in [7, 11) is 0. The van der Waals surface area contributed by atoms with Crippen LogP contribution in [0.25, 0.3) is 10.2 Å². The van der Waals surface area contributed by atoms with Gasteiger partial charge in [0.05, 0.1) is 17.0 Å². The average molecular weight is 280 g/mol. The van der Waals surface area contributed by atoms with Crippen molar-refractivity contribution in [1.82, 2.24) is 9.97 Å². The summed E-state index contributed by atoms with van der Waals surface area (Å²) in [4.78, 5) is 10.8. The summed E-state index contributed by atoms with van der Waals surface area (Å²) in [5, 5.41) is 13.3. The van der Waals surface area contributed by atoms with Gasteiger partial charge < -0.3 is 5.32 Å². The van der Waals surface area contributed by atoms with Crippen molar-refractivity contribution in [3.8, 4) is 6.07 Å². The Bertz CT molecular complexity index is 801. The summed E-state index contributed by atoms with van der Waals surface area (Å²) in [5.74, 6) is 0.835. The van der Waals surface area contributed by atoms with Crippen LogP contribution in [-0.4, -0.2) is 9.97 Å². The SMILES string of the molecule is Cc1cc2c(NCc3cccc(C#N)c3)ncnc2s1. The van der Waals surface area contributed by atoms with Gasteiger partial charge in [0.1, 0.15) is 17.0 Å². The summed E-state index contributed by atoms with van der Waals surface area (Å²) in [5.41, 5.74) is 1.73. The molecule has 0 amide bonds. The Balaban J connectivity index is 1.85. The lowest BCUT2D eigenvalue weighted by Gasteiger charge is -2.06. The monoisotopic (exact) mass is 280 g/mol. The lowest BCUT2D eigenvalue weighted by Crippen LogP contribution is -2.02. The second kappa shape index (κ2) is 5.27. The molecule has 1 aromatic carbocycles. The summed E-state index contributed by atoms with van der Waals surface area (Å²) in [6.07, 6.45) is 1.58. The first-order valence-electron chi connectivity index (χ1n) is 6.20. The molecular formula is C15H12N4S. The van der Waals surface area contributed by atoms with Gasteiger partial charge in [0.15, 0.2) is 0 Å². The zero-order valence-electron chi connectivity index (χ0n) is 10.9. The molecule has 4 nitrogen and oxygen atoms in total. The predicted molar refractivity (Wildman–Crippen MR) is 80.6 cm³/mol. The highest BCUT2D eigenvalue weighted by Crippen LogP contribution is 2.27. The van der Waals surface area contributed by atoms with E-state index in [1.165, 1.54) is 4.88 Å². The van der Waals surface area contributed by atoms with Gasteiger partial charge in [0.25, 0.3) is 0 Å². The molecule has 0 aliphatic rings. The van der Waals surface area contributed by atoms with Crippen molar-refractivity contribution in [2.75, 3.05) is 5.32 Å². The minimum absolute atomic E-state index is 0.635. The van der Waals surface area contributed by atoms with Crippen molar-refractivity contribution < 1.29 is 0 Å². The molecule has 1 N–H and O–H groups in total. The molecule has 0 unspecified atom stereocenters. The van der Waals surface area contributed by atoms with Gasteiger partial charge >= 0.3 is 0 Å². The van der Waals surface area contributed by atoms with E-state index in [9.17, 15) is 0 Å². The molecule has 3 aromatic rings. The Morgan fingerprint density at radius 1 is 1.30 bits per heavy atom. The van der Waals surface area contributed by atoms with E-state index in [0.717, 1.165) is 21.6 Å². The van der Waals surface area contributed by atoms with Gasteiger partial charge in [-0.15, -0.1) is 11.3 Å². The Morgan fingerprint density at radius 2 is 2.20 bits per heavy atom. The molecule has 0 aliphatic heterocycles. The molecule has 0 atom stereocenters. The molecule has 0 aliphatic carbocycles. The van der Waals surface area contributed by atoms with E-state index in [4.69, 9.17) is 5.26 Å². The number of nitriles is 1. The fourth-order valence-corrected chi connectivity index (χ4v) is 2.90. The number of benzene rings is 1. The Labute approximate surface area is 120 Å². The first-order chi connectivity index (χ1) is 9.76. The van der Waals surface area contributed by atoms with Crippen LogP contribution in [-0.2, 0) is 6.54 Å². The van der Waals surface area contributed by atoms with Crippen LogP contribution in [0, 0.1) is 18.3 Å². The fraction of sp³-hybridized carbons (Fsp3) is 0.133. The minimum atomic E-state index is 0.635. The number of nitrogens with zero attached hydrogens (tertiary/aromatic N) is 3. The zero-order valence-corrected chi connectivity index (χ0v) is 11.7. The smallest absolute Gasteiger partial charge is 0.138 e. The van der Waals surface area contributed by atoms with E-state index in [-0.39, 0.29) is 0 Å². The van der Waals surface area contributed by atoms with Gasteiger partial charge in [-0.05, 0) is 30.7 Å². The van der Waals surface area contributed by atoms with E-state index in [1.54, 1.807) is 23.7 Å². The van der Waals surface area contributed by atoms with Crippen LogP contribution in [0.5, 0.6) is 0 Å². The topological polar surface area (TPSA) is 61.6 Å². The molecule has 2 heterocycles. The highest BCUT2D eigenvalue weighted by Gasteiger charge is 2.06. The Kier molecular flexibility index (Phi) is 3.32. The largest absolute Gasteiger partial charge is 0.365 e. The highest BCUT2D eigenvalue weighted by atomic mass is 32.1. The molecule has 0 radical (unpaired) electrons. The fourth-order valence-electron chi connectivity index (χ4n) is 2.05. The number of thiophene rings is 1. The lowest BCUT2D eigenvalue weighted by atomic mass is 10.1. The van der Waals surface area contributed by atoms with Crippen LogP contribution in [0.3, 0.4) is 0 Å². The number of aromatic nitrogens is 2. The maximum atomic E-state index is 8.90. The minimum Gasteiger partial charge on any atom is -0.365 e. The molecule has 5 heteroatoms. The standard InChI is InChI=1S/C15H12N4S/c1-10-5-13-14(18-9-19-15(13)20-10)17-8-12-4-2-3-11(6-12)7-16/h2-6,9H,8H2,1H3,(H,17,18,19). The van der Waals surface area contributed by atoms with Crippen molar-refractivity contribution in [3.05, 3.63) is 52.7 Å². The third-order valence-electron chi connectivity index (χ3n) is 2.97. The van der Waals surface area contributed by atoms with Gasteiger partial charge in [-0.3, -0.25) is 0 Å². The second-order valence-electron chi connectivity index (χ2n) is 4.46. The number of fused-ring (bicyclic) bond motifs is 1. The van der Waals surface area contributed by atoms with Gasteiger partial charge in [-0.25, -0.2) is 9.97 Å². The Hall–Kier alpha value is -2.45. The maximum absolute atomic E-state index is 8.90. The van der Waals surface area contributed by atoms with Crippen LogP contribution >= 0.6 is 11.3 Å². The number of aryl methyl sites for hydroxylation is 1. The third-order valence-corrected chi connectivity index (χ3v) is 3.93. The number of nitrogens with one attached hydrogen (secondary N) is 1. The molecule has 0 saturated heterocycles. The van der Waals surface area contributed by atoms with Gasteiger partial charge in [0, 0.05) is 11.4 Å². The molecule has 98 valence electrons. The summed E-state index contributed by atoms with van der Waals surface area (Å²) in [6.45, 7) is 2.70. The number of hydrogen-bond acceptors (Lipinski definition) is 5. The van der Waals surface area contributed by atoms with Gasteiger partial charge in [-0.1, -0.05) is 12.1 Å². The summed E-state index contributed by atoms with van der Waals surface area (Å²) >= 11 is 1.66. The zero-order chi connectivity index (χ0) is 13.9. The molecule has 0 bridgehead atoms. The van der Waals surface area contributed by atoms with E-state index in [2.05, 4.69) is 34.3 Å². The Morgan fingerprint density at radius 3 is 3.05 bits per heavy atom. The van der Waals surface area contributed by atoms with Crippen LogP contribution in [0.2, 0.25) is 0 Å². The first-order valence-corrected chi connectivity index (χ1v) is 7.02. The van der Waals surface area contributed by atoms with Crippen LogP contribution in [0.1, 0.15) is 16.0 Å². The summed E-state index contributed by atoms with van der Waals surface area (Å²) < 4.78 is 0. The average Bonchev–Trinajstić information content (AvgIpc) is 2.86. The maximum Gasteiger partial charge on any atom is 0.138 e. The highest BCUT2D eigenvalue weighted by molar-refractivity contribution is 7.18. The first kappa shape index (κ1) is 12.6. The van der Waals surface area contributed by atoms with Crippen molar-refractivity contribution in [3.63, 3.8) is 0 Å². The van der Waals surface area contributed by atoms with Crippen LogP contribution < -0.4 is 5.32 Å². The summed E-state index contributed by atoms with van der Waals surface area (Å²) in [6, 6.07) is 11.8. The number of rotatable bonds is 3. The van der Waals surface area contributed by atoms with E-state index < -0.39 is 0 Å². The van der Waals surface area contributed by atoms with Crippen LogP contribution in [0.15, 0.2) is 36.7 Å². The lowest BCUT2D eigenvalue weighted by molar-refractivity contribution is 1.10.